The van der Waals surface area contributed by atoms with Crippen molar-refractivity contribution in [2.24, 2.45) is 28.6 Å². The number of hydrogen-bond acceptors (Lipinski definition) is 6. The molecule has 6 rings (SSSR count). The van der Waals surface area contributed by atoms with Crippen LogP contribution < -0.4 is 11.2 Å². The molecule has 6 nitrogen and oxygen atoms in total. The maximum atomic E-state index is 13.6. The lowest BCUT2D eigenvalue weighted by Gasteiger charge is -2.58. The van der Waals surface area contributed by atoms with Gasteiger partial charge in [0.2, 0.25) is 5.43 Å². The summed E-state index contributed by atoms with van der Waals surface area (Å²) in [6.45, 7) is 6.85. The smallest absolute Gasteiger partial charge is 0.345 e. The molecule has 0 unspecified atom stereocenters. The predicted molar refractivity (Wildman–Crippen MR) is 143 cm³/mol. The minimum Gasteiger partial charge on any atom is -0.462 e. The maximum Gasteiger partial charge on any atom is 0.345 e. The van der Waals surface area contributed by atoms with Crippen LogP contribution in [0.5, 0.6) is 0 Å². The summed E-state index contributed by atoms with van der Waals surface area (Å²) in [6, 6.07) is 0. The topological polar surface area (TPSA) is 105 Å². The molecule has 4 aliphatic rings. The second-order valence-electron chi connectivity index (χ2n) is 12.2. The Morgan fingerprint density at radius 3 is 2.81 bits per heavy atom. The van der Waals surface area contributed by atoms with Crippen molar-refractivity contribution in [2.75, 3.05) is 12.3 Å². The number of fused-ring (bicyclic) bond motifs is 6. The number of aliphatic hydroxyl groups is 1. The van der Waals surface area contributed by atoms with E-state index in [0.717, 1.165) is 48.9 Å². The highest BCUT2D eigenvalue weighted by Crippen LogP contribution is 2.68. The van der Waals surface area contributed by atoms with Gasteiger partial charge in [-0.1, -0.05) is 25.5 Å². The summed E-state index contributed by atoms with van der Waals surface area (Å²) in [6.07, 6.45) is 10.9. The summed E-state index contributed by atoms with van der Waals surface area (Å²) in [4.78, 5) is 30.0. The van der Waals surface area contributed by atoms with Crippen LogP contribution >= 0.6 is 11.3 Å². The number of aromatic nitrogens is 1. The lowest BCUT2D eigenvalue weighted by atomic mass is 9.47. The molecular weight excluding hydrogens is 472 g/mol. The Morgan fingerprint density at radius 1 is 1.22 bits per heavy atom. The van der Waals surface area contributed by atoms with E-state index in [1.807, 2.05) is 0 Å². The second-order valence-corrected chi connectivity index (χ2v) is 13.1. The van der Waals surface area contributed by atoms with E-state index in [-0.39, 0.29) is 40.4 Å². The summed E-state index contributed by atoms with van der Waals surface area (Å²) in [5.74, 6) is 1.69. The Labute approximate surface area is 216 Å². The van der Waals surface area contributed by atoms with Gasteiger partial charge in [0.1, 0.15) is 16.2 Å². The maximum absolute atomic E-state index is 13.6. The van der Waals surface area contributed by atoms with Gasteiger partial charge in [-0.25, -0.2) is 4.79 Å². The van der Waals surface area contributed by atoms with Gasteiger partial charge in [-0.2, -0.15) is 0 Å². The molecule has 7 atom stereocenters. The third kappa shape index (κ3) is 3.31. The van der Waals surface area contributed by atoms with Gasteiger partial charge >= 0.3 is 5.97 Å². The zero-order valence-corrected chi connectivity index (χ0v) is 22.4. The van der Waals surface area contributed by atoms with Crippen LogP contribution in [0, 0.1) is 28.6 Å². The van der Waals surface area contributed by atoms with Gasteiger partial charge in [0.25, 0.3) is 0 Å². The van der Waals surface area contributed by atoms with Crippen LogP contribution in [0.25, 0.3) is 10.2 Å². The number of carbonyl (C=O) groups excluding carboxylic acids is 1. The molecule has 36 heavy (non-hydrogen) atoms. The number of esters is 1. The number of aliphatic hydroxyl groups excluding tert-OH is 1. The normalized spacial score (nSPS) is 37.7. The Hall–Kier alpha value is -2.12. The molecule has 2 aromatic rings. The van der Waals surface area contributed by atoms with Crippen molar-refractivity contribution in [1.29, 1.82) is 0 Å². The van der Waals surface area contributed by atoms with E-state index in [2.05, 4.69) is 30.3 Å². The number of ether oxygens (including phenoxy) is 1. The molecule has 3 saturated carbocycles. The fraction of sp³-hybridized carbons (Fsp3) is 0.655. The molecule has 4 aliphatic carbocycles. The summed E-state index contributed by atoms with van der Waals surface area (Å²) in [5, 5.41) is 13.1. The SMILES string of the molecule is CCOC(=O)c1c(N)[nH]c2scc([C@H]3CC[C@H]4[C@@H]5CC=C6C[C@@H](O)CC[C@]6(C)[C@H]5CC[C@]34C)c2c1=O. The lowest BCUT2D eigenvalue weighted by Crippen LogP contribution is -2.50. The van der Waals surface area contributed by atoms with Crippen LogP contribution in [-0.4, -0.2) is 28.8 Å². The number of H-pyrrole nitrogens is 1. The Morgan fingerprint density at radius 2 is 2.03 bits per heavy atom. The number of nitrogen functional groups attached to an aromatic ring is 1. The van der Waals surface area contributed by atoms with Crippen LogP contribution in [0.4, 0.5) is 5.82 Å². The number of anilines is 1. The van der Waals surface area contributed by atoms with E-state index in [1.54, 1.807) is 6.92 Å². The predicted octanol–water partition coefficient (Wildman–Crippen LogP) is 5.76. The number of aromatic amines is 1. The summed E-state index contributed by atoms with van der Waals surface area (Å²) >= 11 is 1.52. The largest absolute Gasteiger partial charge is 0.462 e. The van der Waals surface area contributed by atoms with Crippen LogP contribution in [0.3, 0.4) is 0 Å². The van der Waals surface area contributed by atoms with Crippen LogP contribution in [0.2, 0.25) is 0 Å². The number of nitrogens with one attached hydrogen (secondary N) is 1. The second kappa shape index (κ2) is 8.45. The molecule has 194 valence electrons. The van der Waals surface area contributed by atoms with E-state index >= 15 is 0 Å². The molecule has 4 N–H and O–H groups in total. The molecule has 0 aliphatic heterocycles. The quantitative estimate of drug-likeness (QED) is 0.360. The minimum atomic E-state index is -0.651. The molecule has 0 bridgehead atoms. The average molecular weight is 511 g/mol. The first-order chi connectivity index (χ1) is 17.2. The number of allylic oxidation sites excluding steroid dienone is 1. The number of thiophene rings is 1. The van der Waals surface area contributed by atoms with E-state index in [0.29, 0.717) is 29.1 Å². The van der Waals surface area contributed by atoms with Crippen molar-refractivity contribution in [3.8, 4) is 0 Å². The zero-order chi connectivity index (χ0) is 25.4. The molecule has 2 heterocycles. The van der Waals surface area contributed by atoms with Gasteiger partial charge in [0.15, 0.2) is 0 Å². The molecule has 0 amide bonds. The van der Waals surface area contributed by atoms with E-state index in [9.17, 15) is 14.7 Å². The molecule has 2 aromatic heterocycles. The molecule has 3 fully saturated rings. The monoisotopic (exact) mass is 510 g/mol. The number of rotatable bonds is 3. The first-order valence-electron chi connectivity index (χ1n) is 13.7. The number of nitrogens with two attached hydrogens (primary N) is 1. The van der Waals surface area contributed by atoms with Gasteiger partial charge in [-0.15, -0.1) is 11.3 Å². The fourth-order valence-corrected chi connectivity index (χ4v) is 9.97. The van der Waals surface area contributed by atoms with Crippen LogP contribution in [0.15, 0.2) is 21.8 Å². The third-order valence-corrected chi connectivity index (χ3v) is 11.6. The Balaban J connectivity index is 1.38. The van der Waals surface area contributed by atoms with Crippen molar-refractivity contribution < 1.29 is 14.6 Å². The van der Waals surface area contributed by atoms with Gasteiger partial charge in [-0.05, 0) is 104 Å². The summed E-state index contributed by atoms with van der Waals surface area (Å²) < 4.78 is 5.15. The lowest BCUT2D eigenvalue weighted by molar-refractivity contribution is -0.0408. The van der Waals surface area contributed by atoms with Crippen LogP contribution in [-0.2, 0) is 4.74 Å². The van der Waals surface area contributed by atoms with Gasteiger partial charge in [0, 0.05) is 0 Å². The van der Waals surface area contributed by atoms with E-state index in [4.69, 9.17) is 10.5 Å². The average Bonchev–Trinajstić information content (AvgIpc) is 3.40. The Bertz CT molecular complexity index is 1310. The summed E-state index contributed by atoms with van der Waals surface area (Å²) in [7, 11) is 0. The number of pyridine rings is 1. The van der Waals surface area contributed by atoms with Gasteiger partial charge in [-0.3, -0.25) is 4.79 Å². The van der Waals surface area contributed by atoms with Crippen LogP contribution in [0.1, 0.15) is 94.0 Å². The zero-order valence-electron chi connectivity index (χ0n) is 21.6. The highest BCUT2D eigenvalue weighted by molar-refractivity contribution is 7.17. The van der Waals surface area contributed by atoms with Gasteiger partial charge in [0.05, 0.1) is 18.1 Å². The molecular formula is C29H38N2O4S. The van der Waals surface area contributed by atoms with E-state index in [1.165, 1.54) is 29.8 Å². The number of carbonyl (C=O) groups is 1. The van der Waals surface area contributed by atoms with Crippen molar-refractivity contribution in [3.05, 3.63) is 38.4 Å². The fourth-order valence-electron chi connectivity index (χ4n) is 8.94. The molecule has 0 saturated heterocycles. The minimum absolute atomic E-state index is 0.0650. The van der Waals surface area contributed by atoms with Crippen molar-refractivity contribution >= 4 is 33.3 Å². The molecule has 7 heteroatoms. The van der Waals surface area contributed by atoms with E-state index < -0.39 is 5.97 Å². The standard InChI is InChI=1S/C29H38N2O4S/c1-4-35-27(34)23-24(33)22-18(14-36-26(22)31-25(23)30)20-8-7-19-17-6-5-15-13-16(32)9-11-28(15,2)21(17)10-12-29(19,20)3/h5,14,16-17,19-21,32H,4,6-13H2,1-3H3,(H3,30,31,33)/t16-,17-,19-,20+,21-,28-,29-/m0/s1. The molecule has 0 aromatic carbocycles. The highest BCUT2D eigenvalue weighted by Gasteiger charge is 2.59. The third-order valence-electron chi connectivity index (χ3n) is 10.7. The molecule has 0 spiro atoms. The first-order valence-corrected chi connectivity index (χ1v) is 14.5. The van der Waals surface area contributed by atoms with Crippen molar-refractivity contribution in [2.45, 2.75) is 84.2 Å². The summed E-state index contributed by atoms with van der Waals surface area (Å²) in [5.41, 5.74) is 8.67. The Kier molecular flexibility index (Phi) is 5.69. The highest BCUT2D eigenvalue weighted by atomic mass is 32.1. The molecule has 0 radical (unpaired) electrons. The number of hydrogen-bond donors (Lipinski definition) is 3. The van der Waals surface area contributed by atoms with Crippen molar-refractivity contribution in [1.82, 2.24) is 4.98 Å². The van der Waals surface area contributed by atoms with Gasteiger partial charge < -0.3 is 20.6 Å². The van der Waals surface area contributed by atoms with Crippen molar-refractivity contribution in [3.63, 3.8) is 0 Å². The first kappa shape index (κ1) is 24.2.